The van der Waals surface area contributed by atoms with Gasteiger partial charge >= 0.3 is 0 Å². The molecule has 86 valence electrons. The highest BCUT2D eigenvalue weighted by molar-refractivity contribution is 5.43. The molecule has 0 bridgehead atoms. The molecular formula is C12H15FN2O. The van der Waals surface area contributed by atoms with Gasteiger partial charge in [0.15, 0.2) is 11.6 Å². The number of benzene rings is 1. The lowest BCUT2D eigenvalue weighted by Crippen LogP contribution is -2.50. The number of rotatable bonds is 0. The van der Waals surface area contributed by atoms with Crippen LogP contribution in [-0.2, 0) is 0 Å². The van der Waals surface area contributed by atoms with Crippen molar-refractivity contribution in [2.45, 2.75) is 24.5 Å². The largest absolute Gasteiger partial charge is 0.482 e. The van der Waals surface area contributed by atoms with Crippen molar-refractivity contribution in [1.29, 1.82) is 0 Å². The number of ether oxygens (including phenoxy) is 1. The SMILES string of the molecule is N[C@@H]1c2cccc(F)c2OC12CCNCC2. The van der Waals surface area contributed by atoms with Crippen LogP contribution in [0.5, 0.6) is 5.75 Å². The van der Waals surface area contributed by atoms with Crippen molar-refractivity contribution in [3.63, 3.8) is 0 Å². The highest BCUT2D eigenvalue weighted by Gasteiger charge is 2.47. The zero-order valence-electron chi connectivity index (χ0n) is 9.00. The van der Waals surface area contributed by atoms with E-state index in [9.17, 15) is 4.39 Å². The van der Waals surface area contributed by atoms with Gasteiger partial charge in [-0.3, -0.25) is 0 Å². The van der Waals surface area contributed by atoms with E-state index in [0.29, 0.717) is 5.75 Å². The number of nitrogens with one attached hydrogen (secondary N) is 1. The number of halogens is 1. The summed E-state index contributed by atoms with van der Waals surface area (Å²) in [5, 5.41) is 3.27. The van der Waals surface area contributed by atoms with Crippen molar-refractivity contribution < 1.29 is 9.13 Å². The van der Waals surface area contributed by atoms with Crippen LogP contribution in [0.25, 0.3) is 0 Å². The molecule has 1 fully saturated rings. The van der Waals surface area contributed by atoms with E-state index in [1.165, 1.54) is 6.07 Å². The summed E-state index contributed by atoms with van der Waals surface area (Å²) in [6.07, 6.45) is 1.67. The first-order valence-corrected chi connectivity index (χ1v) is 5.67. The molecule has 4 heteroatoms. The number of fused-ring (bicyclic) bond motifs is 1. The van der Waals surface area contributed by atoms with Gasteiger partial charge in [-0.25, -0.2) is 4.39 Å². The van der Waals surface area contributed by atoms with Crippen LogP contribution in [0.2, 0.25) is 0 Å². The zero-order valence-corrected chi connectivity index (χ0v) is 9.00. The zero-order chi connectivity index (χ0) is 11.2. The maximum atomic E-state index is 13.6. The number of hydrogen-bond donors (Lipinski definition) is 2. The lowest BCUT2D eigenvalue weighted by atomic mass is 9.84. The van der Waals surface area contributed by atoms with Crippen molar-refractivity contribution in [3.05, 3.63) is 29.6 Å². The molecule has 16 heavy (non-hydrogen) atoms. The fourth-order valence-electron chi connectivity index (χ4n) is 2.69. The molecule has 3 rings (SSSR count). The number of para-hydroxylation sites is 1. The molecule has 3 N–H and O–H groups in total. The Labute approximate surface area is 93.8 Å². The summed E-state index contributed by atoms with van der Waals surface area (Å²) in [5.41, 5.74) is 6.62. The van der Waals surface area contributed by atoms with Crippen LogP contribution in [-0.4, -0.2) is 18.7 Å². The first-order chi connectivity index (χ1) is 7.73. The topological polar surface area (TPSA) is 47.3 Å². The third-order valence-electron chi connectivity index (χ3n) is 3.65. The highest BCUT2D eigenvalue weighted by atomic mass is 19.1. The van der Waals surface area contributed by atoms with Crippen LogP contribution in [0.1, 0.15) is 24.4 Å². The Balaban J connectivity index is 2.02. The van der Waals surface area contributed by atoms with Crippen molar-refractivity contribution in [1.82, 2.24) is 5.32 Å². The fourth-order valence-corrected chi connectivity index (χ4v) is 2.69. The van der Waals surface area contributed by atoms with Crippen LogP contribution in [0.4, 0.5) is 4.39 Å². The van der Waals surface area contributed by atoms with Gasteiger partial charge in [0.25, 0.3) is 0 Å². The number of hydrogen-bond acceptors (Lipinski definition) is 3. The van der Waals surface area contributed by atoms with E-state index in [2.05, 4.69) is 5.32 Å². The summed E-state index contributed by atoms with van der Waals surface area (Å²) in [6.45, 7) is 1.76. The molecule has 2 aliphatic heterocycles. The van der Waals surface area contributed by atoms with E-state index in [-0.39, 0.29) is 11.9 Å². The van der Waals surface area contributed by atoms with Gasteiger partial charge < -0.3 is 15.8 Å². The molecule has 0 radical (unpaired) electrons. The first-order valence-electron chi connectivity index (χ1n) is 5.67. The molecular weight excluding hydrogens is 207 g/mol. The molecule has 0 aromatic heterocycles. The molecule has 2 aliphatic rings. The molecule has 0 unspecified atom stereocenters. The summed E-state index contributed by atoms with van der Waals surface area (Å²) in [7, 11) is 0. The monoisotopic (exact) mass is 222 g/mol. The van der Waals surface area contributed by atoms with Crippen molar-refractivity contribution >= 4 is 0 Å². The quantitative estimate of drug-likeness (QED) is 0.696. The molecule has 1 aromatic rings. The Kier molecular flexibility index (Phi) is 2.16. The Hall–Kier alpha value is -1.13. The van der Waals surface area contributed by atoms with Crippen LogP contribution in [0, 0.1) is 5.82 Å². The summed E-state index contributed by atoms with van der Waals surface area (Å²) < 4.78 is 19.4. The molecule has 1 aromatic carbocycles. The second-order valence-electron chi connectivity index (χ2n) is 4.55. The van der Waals surface area contributed by atoms with Crippen LogP contribution >= 0.6 is 0 Å². The van der Waals surface area contributed by atoms with Crippen LogP contribution in [0.3, 0.4) is 0 Å². The van der Waals surface area contributed by atoms with E-state index in [1.54, 1.807) is 6.07 Å². The standard InChI is InChI=1S/C12H15FN2O/c13-9-3-1-2-8-10(9)16-12(11(8)14)4-6-15-7-5-12/h1-3,11,15H,4-7,14H2/t11-/m1/s1. The predicted octanol–water partition coefficient (Wildman–Crippen LogP) is 1.34. The van der Waals surface area contributed by atoms with Gasteiger partial charge in [0.2, 0.25) is 0 Å². The predicted molar refractivity (Wildman–Crippen MR) is 58.8 cm³/mol. The maximum absolute atomic E-state index is 13.6. The number of nitrogens with two attached hydrogens (primary N) is 1. The van der Waals surface area contributed by atoms with Crippen molar-refractivity contribution in [2.75, 3.05) is 13.1 Å². The van der Waals surface area contributed by atoms with E-state index in [1.807, 2.05) is 6.07 Å². The Bertz CT molecular complexity index is 415. The summed E-state index contributed by atoms with van der Waals surface area (Å²) in [5.74, 6) is 0.0558. The molecule has 3 nitrogen and oxygen atoms in total. The molecule has 1 saturated heterocycles. The molecule has 1 spiro atoms. The molecule has 0 amide bonds. The summed E-state index contributed by atoms with van der Waals surface area (Å²) >= 11 is 0. The van der Waals surface area contributed by atoms with Gasteiger partial charge in [-0.2, -0.15) is 0 Å². The van der Waals surface area contributed by atoms with Gasteiger partial charge in [0.05, 0.1) is 6.04 Å². The lowest BCUT2D eigenvalue weighted by Gasteiger charge is -2.36. The summed E-state index contributed by atoms with van der Waals surface area (Å²) in [6, 6.07) is 4.77. The smallest absolute Gasteiger partial charge is 0.165 e. The maximum Gasteiger partial charge on any atom is 0.165 e. The van der Waals surface area contributed by atoms with E-state index >= 15 is 0 Å². The average Bonchev–Trinajstić information content (AvgIpc) is 2.57. The second-order valence-corrected chi connectivity index (χ2v) is 4.55. The average molecular weight is 222 g/mol. The Morgan fingerprint density at radius 2 is 2.12 bits per heavy atom. The fraction of sp³-hybridized carbons (Fsp3) is 0.500. The van der Waals surface area contributed by atoms with Crippen molar-refractivity contribution in [2.24, 2.45) is 5.73 Å². The molecule has 2 heterocycles. The van der Waals surface area contributed by atoms with E-state index in [0.717, 1.165) is 31.5 Å². The molecule has 0 aliphatic carbocycles. The minimum Gasteiger partial charge on any atom is -0.482 e. The van der Waals surface area contributed by atoms with E-state index in [4.69, 9.17) is 10.5 Å². The normalized spacial score (nSPS) is 26.5. The minimum absolute atomic E-state index is 0.208. The third kappa shape index (κ3) is 1.26. The Morgan fingerprint density at radius 1 is 1.38 bits per heavy atom. The van der Waals surface area contributed by atoms with Gasteiger partial charge in [-0.1, -0.05) is 12.1 Å². The van der Waals surface area contributed by atoms with Gasteiger partial charge in [0.1, 0.15) is 5.60 Å². The van der Waals surface area contributed by atoms with Gasteiger partial charge in [-0.15, -0.1) is 0 Å². The minimum atomic E-state index is -0.393. The first kappa shape index (κ1) is 10.1. The Morgan fingerprint density at radius 3 is 2.81 bits per heavy atom. The van der Waals surface area contributed by atoms with Gasteiger partial charge in [-0.05, 0) is 19.2 Å². The highest BCUT2D eigenvalue weighted by Crippen LogP contribution is 2.47. The second kappa shape index (κ2) is 3.43. The third-order valence-corrected chi connectivity index (χ3v) is 3.65. The molecule has 1 atom stereocenters. The molecule has 0 saturated carbocycles. The van der Waals surface area contributed by atoms with Gasteiger partial charge in [0, 0.05) is 18.4 Å². The van der Waals surface area contributed by atoms with Crippen LogP contribution in [0.15, 0.2) is 18.2 Å². The summed E-state index contributed by atoms with van der Waals surface area (Å²) in [4.78, 5) is 0. The number of piperidine rings is 1. The van der Waals surface area contributed by atoms with E-state index < -0.39 is 5.60 Å². The van der Waals surface area contributed by atoms with Crippen LogP contribution < -0.4 is 15.8 Å². The van der Waals surface area contributed by atoms with Crippen molar-refractivity contribution in [3.8, 4) is 5.75 Å². The lowest BCUT2D eigenvalue weighted by molar-refractivity contribution is 0.0342.